The molecule has 1 aliphatic rings. The van der Waals surface area contributed by atoms with Crippen molar-refractivity contribution >= 4 is 38.5 Å². The maximum absolute atomic E-state index is 14.6. The van der Waals surface area contributed by atoms with Gasteiger partial charge in [-0.1, -0.05) is 30.3 Å². The highest BCUT2D eigenvalue weighted by molar-refractivity contribution is 7.90. The highest BCUT2D eigenvalue weighted by Crippen LogP contribution is 2.30. The van der Waals surface area contributed by atoms with Gasteiger partial charge in [0.15, 0.2) is 15.5 Å². The fraction of sp³-hybridized carbons (Fsp3) is 0.280. The highest BCUT2D eigenvalue weighted by atomic mass is 32.2. The third-order valence-corrected chi connectivity index (χ3v) is 7.40. The first-order valence-electron chi connectivity index (χ1n) is 11.7. The predicted molar refractivity (Wildman–Crippen MR) is 135 cm³/mol. The number of nitrogens with zero attached hydrogens (tertiary/aromatic N) is 5. The van der Waals surface area contributed by atoms with Gasteiger partial charge in [0.25, 0.3) is 0 Å². The van der Waals surface area contributed by atoms with E-state index in [2.05, 4.69) is 20.4 Å². The Morgan fingerprint density at radius 1 is 1.14 bits per heavy atom. The molecule has 0 radical (unpaired) electrons. The largest absolute Gasteiger partial charge is 0.445 e. The standard InChI is InChI=1S/C25H25FN6O4S/c1-37(34,35)19-7-8-22(21(26)13-19)30-23-20-14-29-32(24(20)28-16-27-23)18-9-11-31(12-10-18)25(33)36-15-17-5-3-2-4-6-17/h2-8,13-14,16,18H,9-12,15H2,1H3,(H,27,28,30). The second-order valence-electron chi connectivity index (χ2n) is 8.85. The van der Waals surface area contributed by atoms with E-state index >= 15 is 0 Å². The fourth-order valence-electron chi connectivity index (χ4n) is 4.29. The zero-order chi connectivity index (χ0) is 26.0. The smallest absolute Gasteiger partial charge is 0.410 e. The first-order valence-corrected chi connectivity index (χ1v) is 13.6. The maximum Gasteiger partial charge on any atom is 0.410 e. The lowest BCUT2D eigenvalue weighted by atomic mass is 10.1. The fourth-order valence-corrected chi connectivity index (χ4v) is 4.92. The Labute approximate surface area is 213 Å². The first kappa shape index (κ1) is 24.6. The Bertz CT molecular complexity index is 1540. The number of benzene rings is 2. The molecule has 3 heterocycles. The summed E-state index contributed by atoms with van der Waals surface area (Å²) in [5, 5.41) is 8.01. The van der Waals surface area contributed by atoms with Crippen LogP contribution in [0.1, 0.15) is 24.4 Å². The van der Waals surface area contributed by atoms with Crippen LogP contribution in [0.4, 0.5) is 20.7 Å². The Morgan fingerprint density at radius 2 is 1.89 bits per heavy atom. The van der Waals surface area contributed by atoms with Crippen molar-refractivity contribution in [3.8, 4) is 0 Å². The van der Waals surface area contributed by atoms with E-state index < -0.39 is 15.7 Å². The number of rotatable bonds is 6. The van der Waals surface area contributed by atoms with E-state index in [9.17, 15) is 17.6 Å². The molecule has 1 N–H and O–H groups in total. The maximum atomic E-state index is 14.6. The molecule has 5 rings (SSSR count). The van der Waals surface area contributed by atoms with Crippen LogP contribution in [-0.4, -0.2) is 58.5 Å². The summed E-state index contributed by atoms with van der Waals surface area (Å²) in [5.74, 6) is -0.363. The minimum atomic E-state index is -3.52. The topological polar surface area (TPSA) is 119 Å². The third-order valence-electron chi connectivity index (χ3n) is 6.29. The molecule has 1 amide bonds. The third kappa shape index (κ3) is 5.38. The number of amides is 1. The Kier molecular flexibility index (Phi) is 6.74. The molecule has 10 nitrogen and oxygen atoms in total. The molecule has 1 saturated heterocycles. The SMILES string of the molecule is CS(=O)(=O)c1ccc(Nc2ncnc3c2cnn3C2CCN(C(=O)OCc3ccccc3)CC2)c(F)c1. The van der Waals surface area contributed by atoms with Crippen molar-refractivity contribution in [3.05, 3.63) is 72.4 Å². The van der Waals surface area contributed by atoms with Gasteiger partial charge in [-0.2, -0.15) is 5.10 Å². The van der Waals surface area contributed by atoms with Crippen LogP contribution in [0.25, 0.3) is 11.0 Å². The lowest BCUT2D eigenvalue weighted by molar-refractivity contribution is 0.0824. The summed E-state index contributed by atoms with van der Waals surface area (Å²) < 4.78 is 45.2. The summed E-state index contributed by atoms with van der Waals surface area (Å²) in [4.78, 5) is 22.7. The Hall–Kier alpha value is -4.06. The molecule has 4 aromatic rings. The number of halogens is 1. The lowest BCUT2D eigenvalue weighted by Gasteiger charge is -2.31. The van der Waals surface area contributed by atoms with Crippen molar-refractivity contribution in [1.29, 1.82) is 0 Å². The summed E-state index contributed by atoms with van der Waals surface area (Å²) in [6, 6.07) is 13.2. The molecule has 2 aromatic carbocycles. The van der Waals surface area contributed by atoms with Crippen LogP contribution in [-0.2, 0) is 21.2 Å². The van der Waals surface area contributed by atoms with Gasteiger partial charge >= 0.3 is 6.09 Å². The van der Waals surface area contributed by atoms with E-state index in [-0.39, 0.29) is 29.3 Å². The minimum Gasteiger partial charge on any atom is -0.445 e. The summed E-state index contributed by atoms with van der Waals surface area (Å²) >= 11 is 0. The van der Waals surface area contributed by atoms with E-state index in [0.29, 0.717) is 42.8 Å². The number of hydrogen-bond donors (Lipinski definition) is 1. The first-order chi connectivity index (χ1) is 17.8. The van der Waals surface area contributed by atoms with E-state index in [1.165, 1.54) is 18.5 Å². The van der Waals surface area contributed by atoms with Gasteiger partial charge in [-0.05, 0) is 36.6 Å². The highest BCUT2D eigenvalue weighted by Gasteiger charge is 2.27. The summed E-state index contributed by atoms with van der Waals surface area (Å²) in [5.41, 5.74) is 1.60. The minimum absolute atomic E-state index is 0.0178. The van der Waals surface area contributed by atoms with Gasteiger partial charge in [-0.3, -0.25) is 0 Å². The Morgan fingerprint density at radius 3 is 2.59 bits per heavy atom. The summed E-state index contributed by atoms with van der Waals surface area (Å²) in [7, 11) is -3.52. The van der Waals surface area contributed by atoms with Crippen molar-refractivity contribution < 1.29 is 22.3 Å². The van der Waals surface area contributed by atoms with E-state index in [0.717, 1.165) is 17.9 Å². The number of aromatic nitrogens is 4. The van der Waals surface area contributed by atoms with Gasteiger partial charge in [-0.15, -0.1) is 0 Å². The van der Waals surface area contributed by atoms with Crippen LogP contribution in [0.15, 0.2) is 66.0 Å². The number of hydrogen-bond acceptors (Lipinski definition) is 8. The van der Waals surface area contributed by atoms with Gasteiger partial charge in [0, 0.05) is 19.3 Å². The molecule has 0 aliphatic carbocycles. The number of piperidine rings is 1. The molecule has 0 atom stereocenters. The van der Waals surface area contributed by atoms with Crippen LogP contribution in [0.5, 0.6) is 0 Å². The Balaban J connectivity index is 1.26. The molecule has 0 spiro atoms. The molecule has 37 heavy (non-hydrogen) atoms. The van der Waals surface area contributed by atoms with Crippen molar-refractivity contribution in [3.63, 3.8) is 0 Å². The van der Waals surface area contributed by atoms with Crippen LogP contribution < -0.4 is 5.32 Å². The van der Waals surface area contributed by atoms with Crippen LogP contribution in [0, 0.1) is 5.82 Å². The zero-order valence-electron chi connectivity index (χ0n) is 20.0. The molecular formula is C25H25FN6O4S. The van der Waals surface area contributed by atoms with Crippen molar-refractivity contribution in [1.82, 2.24) is 24.6 Å². The lowest BCUT2D eigenvalue weighted by Crippen LogP contribution is -2.39. The number of likely N-dealkylation sites (tertiary alicyclic amines) is 1. The summed E-state index contributed by atoms with van der Waals surface area (Å²) in [6.07, 6.45) is 5.00. The number of carbonyl (C=O) groups excluding carboxylic acids is 1. The predicted octanol–water partition coefficient (Wildman–Crippen LogP) is 4.09. The van der Waals surface area contributed by atoms with E-state index in [4.69, 9.17) is 4.74 Å². The van der Waals surface area contributed by atoms with Gasteiger partial charge in [0.2, 0.25) is 0 Å². The molecule has 1 aliphatic heterocycles. The number of carbonyl (C=O) groups is 1. The van der Waals surface area contributed by atoms with Crippen LogP contribution >= 0.6 is 0 Å². The summed E-state index contributed by atoms with van der Waals surface area (Å²) in [6.45, 7) is 1.27. The van der Waals surface area contributed by atoms with Gasteiger partial charge in [0.05, 0.1) is 28.2 Å². The monoisotopic (exact) mass is 524 g/mol. The van der Waals surface area contributed by atoms with Crippen LogP contribution in [0.3, 0.4) is 0 Å². The second kappa shape index (κ2) is 10.1. The zero-order valence-corrected chi connectivity index (χ0v) is 20.9. The van der Waals surface area contributed by atoms with E-state index in [1.54, 1.807) is 15.8 Å². The van der Waals surface area contributed by atoms with E-state index in [1.807, 2.05) is 30.3 Å². The molecule has 0 saturated carbocycles. The quantitative estimate of drug-likeness (QED) is 0.401. The molecule has 192 valence electrons. The number of anilines is 2. The average molecular weight is 525 g/mol. The number of nitrogens with one attached hydrogen (secondary N) is 1. The normalized spacial score (nSPS) is 14.6. The van der Waals surface area contributed by atoms with Gasteiger partial charge in [0.1, 0.15) is 24.6 Å². The number of fused-ring (bicyclic) bond motifs is 1. The van der Waals surface area contributed by atoms with Gasteiger partial charge < -0.3 is 15.0 Å². The molecular weight excluding hydrogens is 499 g/mol. The van der Waals surface area contributed by atoms with Crippen molar-refractivity contribution in [2.45, 2.75) is 30.4 Å². The molecule has 1 fully saturated rings. The van der Waals surface area contributed by atoms with Crippen molar-refractivity contribution in [2.75, 3.05) is 24.7 Å². The average Bonchev–Trinajstić information content (AvgIpc) is 3.34. The number of sulfone groups is 1. The molecule has 12 heteroatoms. The number of ether oxygens (including phenoxy) is 1. The van der Waals surface area contributed by atoms with Crippen molar-refractivity contribution in [2.24, 2.45) is 0 Å². The van der Waals surface area contributed by atoms with Gasteiger partial charge in [-0.25, -0.2) is 32.3 Å². The molecule has 0 bridgehead atoms. The van der Waals surface area contributed by atoms with Crippen LogP contribution in [0.2, 0.25) is 0 Å². The second-order valence-corrected chi connectivity index (χ2v) is 10.9. The molecule has 0 unspecified atom stereocenters. The molecule has 2 aromatic heterocycles.